The van der Waals surface area contributed by atoms with Crippen LogP contribution < -0.4 is 54.4 Å². The minimum atomic E-state index is -1.06. The van der Waals surface area contributed by atoms with Crippen LogP contribution in [-0.4, -0.2) is 30.7 Å². The Morgan fingerprint density at radius 3 is 2.76 bits per heavy atom. The summed E-state index contributed by atoms with van der Waals surface area (Å²) < 4.78 is 11.9. The van der Waals surface area contributed by atoms with Crippen LogP contribution in [0.1, 0.15) is 42.9 Å². The molecular formula is C26H26N3NaO4. The van der Waals surface area contributed by atoms with Crippen molar-refractivity contribution in [3.63, 3.8) is 0 Å². The Hall–Kier alpha value is -2.74. The number of nitrogens with zero attached hydrogens (tertiary/aromatic N) is 2. The van der Waals surface area contributed by atoms with E-state index >= 15 is 0 Å². The molecule has 1 N–H and O–H groups in total. The first-order valence-corrected chi connectivity index (χ1v) is 11.3. The predicted octanol–water partition coefficient (Wildman–Crippen LogP) is 0.795. The number of carboxylic acid groups (broad SMARTS) is 1. The molecule has 0 aliphatic carbocycles. The molecule has 0 fully saturated rings. The standard InChI is InChI=1S/C26H27N3O4.Na/c1-2-12-29(24-8-3-4-11-27-24)22-7-5-6-20-21(16-33-26(20)22)28-18-9-10-19-17(13-25(30)31)15-32-23(19)14-18;/h3-11,14,17,21,28H,2,12-13,15-16H2,1H3,(H,30,31);/q;+1/p-1/t17-,21-;/m1./s1. The van der Waals surface area contributed by atoms with Crippen LogP contribution in [0.25, 0.3) is 0 Å². The maximum atomic E-state index is 11.0. The van der Waals surface area contributed by atoms with Crippen molar-refractivity contribution in [1.82, 2.24) is 4.98 Å². The van der Waals surface area contributed by atoms with Gasteiger partial charge in [-0.3, -0.25) is 0 Å². The van der Waals surface area contributed by atoms with E-state index < -0.39 is 5.97 Å². The van der Waals surface area contributed by atoms with Crippen molar-refractivity contribution in [2.24, 2.45) is 0 Å². The largest absolute Gasteiger partial charge is 1.00 e. The van der Waals surface area contributed by atoms with Crippen LogP contribution in [0.4, 0.5) is 17.2 Å². The number of carbonyl (C=O) groups excluding carboxylic acids is 1. The fourth-order valence-corrected chi connectivity index (χ4v) is 4.60. The zero-order valence-corrected chi connectivity index (χ0v) is 21.5. The number of nitrogens with one attached hydrogen (secondary N) is 1. The van der Waals surface area contributed by atoms with Gasteiger partial charge >= 0.3 is 29.6 Å². The molecule has 34 heavy (non-hydrogen) atoms. The molecule has 2 aromatic carbocycles. The maximum Gasteiger partial charge on any atom is 1.00 e. The Kier molecular flexibility index (Phi) is 7.66. The van der Waals surface area contributed by atoms with E-state index in [0.29, 0.717) is 13.2 Å². The average Bonchev–Trinajstić information content (AvgIpc) is 3.42. The summed E-state index contributed by atoms with van der Waals surface area (Å²) in [5.41, 5.74) is 3.94. The van der Waals surface area contributed by atoms with Crippen molar-refractivity contribution >= 4 is 23.2 Å². The minimum Gasteiger partial charge on any atom is -0.550 e. The number of ether oxygens (including phenoxy) is 2. The zero-order valence-electron chi connectivity index (χ0n) is 19.5. The Bertz CT molecular complexity index is 1160. The number of rotatable bonds is 8. The SMILES string of the molecule is CCCN(c1ccccn1)c1cccc2c1OC[C@H]2Nc1ccc2c(c1)OC[C@H]2CC(=O)[O-].[Na+]. The molecule has 2 aliphatic rings. The number of fused-ring (bicyclic) bond motifs is 2. The van der Waals surface area contributed by atoms with Crippen molar-refractivity contribution in [1.29, 1.82) is 0 Å². The number of anilines is 3. The van der Waals surface area contributed by atoms with E-state index in [-0.39, 0.29) is 47.9 Å². The number of para-hydroxylation sites is 1. The second kappa shape index (κ2) is 10.7. The number of aromatic nitrogens is 1. The third kappa shape index (κ3) is 4.87. The summed E-state index contributed by atoms with van der Waals surface area (Å²) in [6.45, 7) is 3.87. The van der Waals surface area contributed by atoms with E-state index in [4.69, 9.17) is 9.47 Å². The molecule has 2 aliphatic heterocycles. The van der Waals surface area contributed by atoms with E-state index in [1.54, 1.807) is 6.20 Å². The molecule has 2 atom stereocenters. The quantitative estimate of drug-likeness (QED) is 0.491. The van der Waals surface area contributed by atoms with E-state index in [0.717, 1.165) is 52.8 Å². The first-order valence-electron chi connectivity index (χ1n) is 11.3. The number of carbonyl (C=O) groups is 1. The average molecular weight is 468 g/mol. The molecule has 0 amide bonds. The second-order valence-corrected chi connectivity index (χ2v) is 8.38. The Morgan fingerprint density at radius 2 is 2.00 bits per heavy atom. The maximum absolute atomic E-state index is 11.0. The summed E-state index contributed by atoms with van der Waals surface area (Å²) in [5, 5.41) is 14.5. The Labute approximate surface area is 221 Å². The second-order valence-electron chi connectivity index (χ2n) is 8.38. The number of aliphatic carboxylic acids is 1. The summed E-state index contributed by atoms with van der Waals surface area (Å²) in [4.78, 5) is 17.7. The van der Waals surface area contributed by atoms with E-state index in [1.807, 2.05) is 36.4 Å². The monoisotopic (exact) mass is 467 g/mol. The Morgan fingerprint density at radius 1 is 1.12 bits per heavy atom. The summed E-state index contributed by atoms with van der Waals surface area (Å²) in [7, 11) is 0. The molecule has 3 heterocycles. The van der Waals surface area contributed by atoms with Crippen molar-refractivity contribution in [3.8, 4) is 11.5 Å². The van der Waals surface area contributed by atoms with Crippen LogP contribution in [0.5, 0.6) is 11.5 Å². The molecule has 0 saturated heterocycles. The van der Waals surface area contributed by atoms with E-state index in [9.17, 15) is 9.90 Å². The predicted molar refractivity (Wildman–Crippen MR) is 124 cm³/mol. The minimum absolute atomic E-state index is 0. The van der Waals surface area contributed by atoms with Gasteiger partial charge in [-0.05, 0) is 37.1 Å². The van der Waals surface area contributed by atoms with Gasteiger partial charge in [-0.1, -0.05) is 31.2 Å². The molecule has 170 valence electrons. The van der Waals surface area contributed by atoms with Gasteiger partial charge in [0, 0.05) is 47.5 Å². The Balaban J connectivity index is 0.00000274. The van der Waals surface area contributed by atoms with Crippen LogP contribution in [0.15, 0.2) is 60.8 Å². The van der Waals surface area contributed by atoms with Crippen LogP contribution in [0, 0.1) is 0 Å². The number of hydrogen-bond acceptors (Lipinski definition) is 7. The first kappa shape index (κ1) is 24.4. The van der Waals surface area contributed by atoms with E-state index in [1.165, 1.54) is 0 Å². The van der Waals surface area contributed by atoms with Gasteiger partial charge in [0.25, 0.3) is 0 Å². The van der Waals surface area contributed by atoms with Crippen LogP contribution in [0.3, 0.4) is 0 Å². The first-order chi connectivity index (χ1) is 16.1. The van der Waals surface area contributed by atoms with Gasteiger partial charge in [0.15, 0.2) is 0 Å². The van der Waals surface area contributed by atoms with E-state index in [2.05, 4.69) is 40.3 Å². The number of pyridine rings is 1. The molecule has 3 aromatic rings. The zero-order chi connectivity index (χ0) is 22.8. The van der Waals surface area contributed by atoms with Crippen LogP contribution >= 0.6 is 0 Å². The van der Waals surface area contributed by atoms with Crippen LogP contribution in [0.2, 0.25) is 0 Å². The molecule has 0 bridgehead atoms. The number of hydrogen-bond donors (Lipinski definition) is 1. The van der Waals surface area contributed by atoms with Crippen molar-refractivity contribution in [2.45, 2.75) is 31.7 Å². The number of benzene rings is 2. The smallest absolute Gasteiger partial charge is 0.550 e. The fourth-order valence-electron chi connectivity index (χ4n) is 4.60. The molecule has 7 nitrogen and oxygen atoms in total. The van der Waals surface area contributed by atoms with Gasteiger partial charge in [0.05, 0.1) is 18.3 Å². The van der Waals surface area contributed by atoms with Crippen molar-refractivity contribution in [3.05, 3.63) is 71.9 Å². The molecule has 0 unspecified atom stereocenters. The molecule has 1 aromatic heterocycles. The summed E-state index contributed by atoms with van der Waals surface area (Å²) in [5.74, 6) is 1.28. The number of carboxylic acids is 1. The van der Waals surface area contributed by atoms with Crippen molar-refractivity contribution < 1.29 is 48.9 Å². The molecule has 0 radical (unpaired) electrons. The topological polar surface area (TPSA) is 86.8 Å². The van der Waals surface area contributed by atoms with Gasteiger partial charge < -0.3 is 29.6 Å². The van der Waals surface area contributed by atoms with Gasteiger partial charge in [-0.15, -0.1) is 0 Å². The van der Waals surface area contributed by atoms with Gasteiger partial charge in [-0.25, -0.2) is 4.98 Å². The third-order valence-corrected chi connectivity index (χ3v) is 6.11. The molecular weight excluding hydrogens is 441 g/mol. The summed E-state index contributed by atoms with van der Waals surface area (Å²) >= 11 is 0. The third-order valence-electron chi connectivity index (χ3n) is 6.11. The van der Waals surface area contributed by atoms with Gasteiger partial charge in [0.2, 0.25) is 0 Å². The molecule has 5 rings (SSSR count). The fraction of sp³-hybridized carbons (Fsp3) is 0.308. The summed E-state index contributed by atoms with van der Waals surface area (Å²) in [6.07, 6.45) is 2.76. The van der Waals surface area contributed by atoms with Gasteiger partial charge in [-0.2, -0.15) is 0 Å². The summed E-state index contributed by atoms with van der Waals surface area (Å²) in [6, 6.07) is 18.0. The molecule has 0 saturated carbocycles. The van der Waals surface area contributed by atoms with Crippen LogP contribution in [-0.2, 0) is 4.79 Å². The molecule has 0 spiro atoms. The van der Waals surface area contributed by atoms with Crippen molar-refractivity contribution in [2.75, 3.05) is 30.0 Å². The molecule has 8 heteroatoms. The van der Waals surface area contributed by atoms with Gasteiger partial charge in [0.1, 0.15) is 23.9 Å². The normalized spacial score (nSPS) is 17.6.